The molecular weight excluding hydrogens is 300 g/mol. The molecule has 0 aliphatic carbocycles. The van der Waals surface area contributed by atoms with Crippen LogP contribution in [0.25, 0.3) is 0 Å². The number of esters is 1. The second-order valence-corrected chi connectivity index (χ2v) is 5.75. The van der Waals surface area contributed by atoms with Gasteiger partial charge in [-0.15, -0.1) is 10.2 Å². The summed E-state index contributed by atoms with van der Waals surface area (Å²) < 4.78 is 6.71. The van der Waals surface area contributed by atoms with Crippen molar-refractivity contribution in [1.29, 1.82) is 0 Å². The zero-order chi connectivity index (χ0) is 15.8. The minimum absolute atomic E-state index is 0.219. The molecule has 0 saturated heterocycles. The molecule has 7 heteroatoms. The Morgan fingerprint density at radius 2 is 2.09 bits per heavy atom. The highest BCUT2D eigenvalue weighted by molar-refractivity contribution is 7.99. The molecule has 1 aromatic heterocycles. The minimum Gasteiger partial charge on any atom is -0.469 e. The zero-order valence-electron chi connectivity index (χ0n) is 12.6. The Balaban J connectivity index is 2.10. The van der Waals surface area contributed by atoms with Crippen molar-refractivity contribution in [2.45, 2.75) is 24.5 Å². The molecule has 0 amide bonds. The lowest BCUT2D eigenvalue weighted by Gasteiger charge is -2.09. The van der Waals surface area contributed by atoms with Gasteiger partial charge in [0.15, 0.2) is 5.16 Å². The Morgan fingerprint density at radius 3 is 2.77 bits per heavy atom. The van der Waals surface area contributed by atoms with Crippen LogP contribution in [0.5, 0.6) is 0 Å². The van der Waals surface area contributed by atoms with Gasteiger partial charge in [-0.1, -0.05) is 42.1 Å². The fraction of sp³-hybridized carbons (Fsp3) is 0.400. The van der Waals surface area contributed by atoms with Gasteiger partial charge >= 0.3 is 5.97 Å². The summed E-state index contributed by atoms with van der Waals surface area (Å²) in [5, 5.41) is 9.24. The number of carbonyl (C=O) groups is 1. The van der Waals surface area contributed by atoms with E-state index in [1.807, 2.05) is 18.2 Å². The van der Waals surface area contributed by atoms with Gasteiger partial charge in [0.25, 0.3) is 0 Å². The van der Waals surface area contributed by atoms with Gasteiger partial charge < -0.3 is 15.0 Å². The van der Waals surface area contributed by atoms with E-state index in [9.17, 15) is 4.79 Å². The van der Waals surface area contributed by atoms with Crippen LogP contribution in [0.4, 0.5) is 0 Å². The Morgan fingerprint density at radius 1 is 1.32 bits per heavy atom. The average Bonchev–Trinajstić information content (AvgIpc) is 2.91. The number of hydrogen-bond acceptors (Lipinski definition) is 6. The van der Waals surface area contributed by atoms with Gasteiger partial charge in [-0.05, 0) is 12.1 Å². The molecule has 22 heavy (non-hydrogen) atoms. The first-order chi connectivity index (χ1) is 10.7. The molecule has 2 rings (SSSR count). The van der Waals surface area contributed by atoms with Crippen molar-refractivity contribution in [2.75, 3.05) is 19.4 Å². The Kier molecular flexibility index (Phi) is 6.42. The first kappa shape index (κ1) is 16.5. The summed E-state index contributed by atoms with van der Waals surface area (Å²) in [6.45, 7) is 1.23. The summed E-state index contributed by atoms with van der Waals surface area (Å²) in [6, 6.07) is 10.1. The summed E-state index contributed by atoms with van der Waals surface area (Å²) in [4.78, 5) is 11.2. The quantitative estimate of drug-likeness (QED) is 0.586. The third-order valence-electron chi connectivity index (χ3n) is 3.11. The number of nitrogens with two attached hydrogens (primary N) is 1. The molecular formula is C15H20N4O2S. The fourth-order valence-electron chi connectivity index (χ4n) is 1.99. The summed E-state index contributed by atoms with van der Waals surface area (Å²) in [7, 11) is 1.39. The van der Waals surface area contributed by atoms with Crippen LogP contribution >= 0.6 is 11.8 Å². The van der Waals surface area contributed by atoms with E-state index in [4.69, 9.17) is 5.73 Å². The molecule has 2 aromatic rings. The van der Waals surface area contributed by atoms with Crippen LogP contribution < -0.4 is 5.73 Å². The highest BCUT2D eigenvalue weighted by Gasteiger charge is 2.13. The van der Waals surface area contributed by atoms with Crippen LogP contribution in [-0.4, -0.2) is 40.1 Å². The van der Waals surface area contributed by atoms with Crippen LogP contribution in [0.3, 0.4) is 0 Å². The number of thioether (sulfide) groups is 1. The van der Waals surface area contributed by atoms with Gasteiger partial charge in [0.05, 0.1) is 20.1 Å². The van der Waals surface area contributed by atoms with Crippen LogP contribution in [-0.2, 0) is 22.5 Å². The van der Waals surface area contributed by atoms with Gasteiger partial charge in [-0.3, -0.25) is 4.79 Å². The van der Waals surface area contributed by atoms with Crippen molar-refractivity contribution in [3.8, 4) is 0 Å². The maximum atomic E-state index is 11.2. The molecule has 0 fully saturated rings. The molecule has 0 spiro atoms. The second kappa shape index (κ2) is 8.55. The van der Waals surface area contributed by atoms with E-state index in [0.717, 1.165) is 11.0 Å². The van der Waals surface area contributed by atoms with Gasteiger partial charge in [-0.25, -0.2) is 0 Å². The maximum absolute atomic E-state index is 11.2. The van der Waals surface area contributed by atoms with E-state index in [0.29, 0.717) is 31.7 Å². The molecule has 118 valence electrons. The molecule has 2 N–H and O–H groups in total. The van der Waals surface area contributed by atoms with Crippen LogP contribution in [0.2, 0.25) is 0 Å². The number of carbonyl (C=O) groups excluding carboxylic acids is 1. The van der Waals surface area contributed by atoms with E-state index < -0.39 is 0 Å². The zero-order valence-corrected chi connectivity index (χ0v) is 13.4. The highest BCUT2D eigenvalue weighted by atomic mass is 32.2. The standard InChI is InChI=1S/C15H20N4O2S/c1-21-14(20)8-10-22-15-18-17-13(7-9-16)19(15)11-12-5-3-2-4-6-12/h2-6H,7-11,16H2,1H3. The first-order valence-corrected chi connectivity index (χ1v) is 8.09. The maximum Gasteiger partial charge on any atom is 0.306 e. The number of ether oxygens (including phenoxy) is 1. The Bertz CT molecular complexity index is 601. The number of benzene rings is 1. The topological polar surface area (TPSA) is 83.0 Å². The molecule has 0 bridgehead atoms. The van der Waals surface area contributed by atoms with Gasteiger partial charge in [0.2, 0.25) is 0 Å². The summed E-state index contributed by atoms with van der Waals surface area (Å²) in [6.07, 6.45) is 1.03. The van der Waals surface area contributed by atoms with Crippen molar-refractivity contribution in [3.63, 3.8) is 0 Å². The molecule has 0 radical (unpaired) electrons. The first-order valence-electron chi connectivity index (χ1n) is 7.10. The molecule has 0 aliphatic heterocycles. The summed E-state index contributed by atoms with van der Waals surface area (Å²) >= 11 is 1.50. The largest absolute Gasteiger partial charge is 0.469 e. The summed E-state index contributed by atoms with van der Waals surface area (Å²) in [5.41, 5.74) is 6.82. The monoisotopic (exact) mass is 320 g/mol. The van der Waals surface area contributed by atoms with E-state index in [2.05, 4.69) is 31.6 Å². The smallest absolute Gasteiger partial charge is 0.306 e. The fourth-order valence-corrected chi connectivity index (χ4v) is 2.87. The van der Waals surface area contributed by atoms with Crippen molar-refractivity contribution in [1.82, 2.24) is 14.8 Å². The van der Waals surface area contributed by atoms with Crippen LogP contribution in [0.15, 0.2) is 35.5 Å². The highest BCUT2D eigenvalue weighted by Crippen LogP contribution is 2.20. The second-order valence-electron chi connectivity index (χ2n) is 4.68. The molecule has 0 aliphatic rings. The average molecular weight is 320 g/mol. The SMILES string of the molecule is COC(=O)CCSc1nnc(CCN)n1Cc1ccccc1. The lowest BCUT2D eigenvalue weighted by atomic mass is 10.2. The van der Waals surface area contributed by atoms with E-state index in [-0.39, 0.29) is 5.97 Å². The molecule has 0 saturated carbocycles. The van der Waals surface area contributed by atoms with Crippen molar-refractivity contribution < 1.29 is 9.53 Å². The van der Waals surface area contributed by atoms with E-state index >= 15 is 0 Å². The van der Waals surface area contributed by atoms with Gasteiger partial charge in [0.1, 0.15) is 5.82 Å². The number of aromatic nitrogens is 3. The molecule has 0 unspecified atom stereocenters. The number of nitrogens with zero attached hydrogens (tertiary/aromatic N) is 3. The van der Waals surface area contributed by atoms with Crippen molar-refractivity contribution in [3.05, 3.63) is 41.7 Å². The van der Waals surface area contributed by atoms with E-state index in [1.165, 1.54) is 24.4 Å². The molecule has 1 heterocycles. The van der Waals surface area contributed by atoms with Crippen molar-refractivity contribution in [2.24, 2.45) is 5.73 Å². The molecule has 1 aromatic carbocycles. The summed E-state index contributed by atoms with van der Waals surface area (Å²) in [5.74, 6) is 1.26. The Hall–Kier alpha value is -1.86. The van der Waals surface area contributed by atoms with E-state index in [1.54, 1.807) is 0 Å². The van der Waals surface area contributed by atoms with Crippen LogP contribution in [0, 0.1) is 0 Å². The number of methoxy groups -OCH3 is 1. The Labute approximate surface area is 134 Å². The van der Waals surface area contributed by atoms with Gasteiger partial charge in [0, 0.05) is 12.2 Å². The lowest BCUT2D eigenvalue weighted by Crippen LogP contribution is -2.12. The number of hydrogen-bond donors (Lipinski definition) is 1. The predicted octanol–water partition coefficient (Wildman–Crippen LogP) is 1.48. The predicted molar refractivity (Wildman–Crippen MR) is 85.7 cm³/mol. The molecule has 6 nitrogen and oxygen atoms in total. The third kappa shape index (κ3) is 4.57. The third-order valence-corrected chi connectivity index (χ3v) is 4.08. The lowest BCUT2D eigenvalue weighted by molar-refractivity contribution is -0.140. The normalized spacial score (nSPS) is 10.6. The van der Waals surface area contributed by atoms with Crippen molar-refractivity contribution >= 4 is 17.7 Å². The minimum atomic E-state index is -0.219. The van der Waals surface area contributed by atoms with Crippen LogP contribution in [0.1, 0.15) is 17.8 Å². The number of rotatable bonds is 8. The molecule has 0 atom stereocenters. The van der Waals surface area contributed by atoms with Gasteiger partial charge in [-0.2, -0.15) is 0 Å².